The van der Waals surface area contributed by atoms with Crippen LogP contribution in [0.1, 0.15) is 26.3 Å². The van der Waals surface area contributed by atoms with E-state index in [1.54, 1.807) is 0 Å². The minimum atomic E-state index is 0.0495. The summed E-state index contributed by atoms with van der Waals surface area (Å²) in [5.74, 6) is 0.418. The van der Waals surface area contributed by atoms with E-state index >= 15 is 0 Å². The van der Waals surface area contributed by atoms with Gasteiger partial charge in [-0.25, -0.2) is 0 Å². The summed E-state index contributed by atoms with van der Waals surface area (Å²) in [4.78, 5) is 0. The number of benzene rings is 1. The molecule has 0 heterocycles. The molecular formula is C16H23N. The van der Waals surface area contributed by atoms with Crippen LogP contribution in [0, 0.1) is 12.8 Å². The van der Waals surface area contributed by atoms with Gasteiger partial charge in [0, 0.05) is 6.04 Å². The lowest BCUT2D eigenvalue weighted by molar-refractivity contribution is 0.582. The zero-order chi connectivity index (χ0) is 13.0. The average Bonchev–Trinajstić information content (AvgIpc) is 2.28. The van der Waals surface area contributed by atoms with E-state index in [9.17, 15) is 0 Å². The summed E-state index contributed by atoms with van der Waals surface area (Å²) in [5.41, 5.74) is 8.70. The maximum absolute atomic E-state index is 6.28. The highest BCUT2D eigenvalue weighted by atomic mass is 14.6. The van der Waals surface area contributed by atoms with Gasteiger partial charge >= 0.3 is 0 Å². The lowest BCUT2D eigenvalue weighted by Gasteiger charge is -2.17. The fourth-order valence-corrected chi connectivity index (χ4v) is 1.88. The van der Waals surface area contributed by atoms with Gasteiger partial charge in [-0.2, -0.15) is 0 Å². The summed E-state index contributed by atoms with van der Waals surface area (Å²) in [5, 5.41) is 2.21. The number of nitrogens with two attached hydrogens (primary N) is 1. The highest BCUT2D eigenvalue weighted by molar-refractivity contribution is 5.61. The molecule has 0 saturated carbocycles. The summed E-state index contributed by atoms with van der Waals surface area (Å²) in [7, 11) is 0. The standard InChI is InChI=1S/C16H23N/c1-6-7-14(16(17)11(2)3)15-10-12(4)8-9-13(15)5/h6-11,16H,5,17H2,1-4H3/b7-6-,15-14+. The smallest absolute Gasteiger partial charge is 0.0324 e. The van der Waals surface area contributed by atoms with E-state index in [1.165, 1.54) is 16.4 Å². The van der Waals surface area contributed by atoms with Gasteiger partial charge in [0.2, 0.25) is 0 Å². The minimum absolute atomic E-state index is 0.0495. The number of allylic oxidation sites excluding steroid dienone is 1. The van der Waals surface area contributed by atoms with Crippen LogP contribution in [-0.2, 0) is 0 Å². The van der Waals surface area contributed by atoms with E-state index in [2.05, 4.69) is 51.6 Å². The van der Waals surface area contributed by atoms with Gasteiger partial charge in [0.25, 0.3) is 0 Å². The molecule has 17 heavy (non-hydrogen) atoms. The highest BCUT2D eigenvalue weighted by Crippen LogP contribution is 2.10. The molecule has 92 valence electrons. The van der Waals surface area contributed by atoms with Crippen LogP contribution in [0.4, 0.5) is 0 Å². The van der Waals surface area contributed by atoms with Crippen molar-refractivity contribution in [3.05, 3.63) is 46.4 Å². The molecule has 0 aliphatic rings. The quantitative estimate of drug-likeness (QED) is 0.844. The van der Waals surface area contributed by atoms with Crippen molar-refractivity contribution >= 4 is 12.2 Å². The predicted molar refractivity (Wildman–Crippen MR) is 77.0 cm³/mol. The summed E-state index contributed by atoms with van der Waals surface area (Å²) in [6.07, 6.45) is 4.15. The average molecular weight is 229 g/mol. The Morgan fingerprint density at radius 1 is 1.35 bits per heavy atom. The first-order chi connectivity index (χ1) is 7.97. The van der Waals surface area contributed by atoms with Gasteiger partial charge in [-0.1, -0.05) is 56.3 Å². The van der Waals surface area contributed by atoms with Gasteiger partial charge in [0.1, 0.15) is 0 Å². The van der Waals surface area contributed by atoms with E-state index in [-0.39, 0.29) is 6.04 Å². The van der Waals surface area contributed by atoms with Crippen LogP contribution >= 0.6 is 0 Å². The minimum Gasteiger partial charge on any atom is -0.324 e. The molecule has 0 saturated heterocycles. The van der Waals surface area contributed by atoms with Gasteiger partial charge < -0.3 is 5.73 Å². The molecule has 1 unspecified atom stereocenters. The first kappa shape index (κ1) is 13.7. The highest BCUT2D eigenvalue weighted by Gasteiger charge is 2.11. The van der Waals surface area contributed by atoms with Crippen LogP contribution in [-0.4, -0.2) is 6.04 Å². The van der Waals surface area contributed by atoms with Crippen molar-refractivity contribution in [3.63, 3.8) is 0 Å². The molecule has 0 aromatic heterocycles. The number of hydrogen-bond donors (Lipinski definition) is 1. The first-order valence-corrected chi connectivity index (χ1v) is 6.15. The molecule has 0 radical (unpaired) electrons. The Morgan fingerprint density at radius 2 is 2.00 bits per heavy atom. The first-order valence-electron chi connectivity index (χ1n) is 6.15. The second-order valence-electron chi connectivity index (χ2n) is 4.89. The Bertz CT molecular complexity index is 509. The van der Waals surface area contributed by atoms with Crippen molar-refractivity contribution in [1.82, 2.24) is 0 Å². The molecule has 1 nitrogen and oxygen atoms in total. The van der Waals surface area contributed by atoms with E-state index in [0.717, 1.165) is 5.22 Å². The molecule has 0 amide bonds. The Balaban J connectivity index is 3.58. The largest absolute Gasteiger partial charge is 0.324 e. The summed E-state index contributed by atoms with van der Waals surface area (Å²) >= 11 is 0. The normalized spacial score (nSPS) is 15.4. The molecule has 0 aliphatic carbocycles. The van der Waals surface area contributed by atoms with Crippen LogP contribution in [0.15, 0.2) is 30.4 Å². The summed E-state index contributed by atoms with van der Waals surface area (Å²) in [6.45, 7) is 12.5. The van der Waals surface area contributed by atoms with Gasteiger partial charge in [-0.05, 0) is 35.8 Å². The Labute approximate surface area is 104 Å². The maximum atomic E-state index is 6.28. The molecule has 1 rings (SSSR count). The van der Waals surface area contributed by atoms with E-state index in [0.29, 0.717) is 5.92 Å². The molecule has 1 aromatic rings. The molecule has 1 atom stereocenters. The van der Waals surface area contributed by atoms with Crippen molar-refractivity contribution < 1.29 is 0 Å². The monoisotopic (exact) mass is 229 g/mol. The molecular weight excluding hydrogens is 206 g/mol. The van der Waals surface area contributed by atoms with Crippen molar-refractivity contribution in [2.24, 2.45) is 11.7 Å². The molecule has 1 aromatic carbocycles. The van der Waals surface area contributed by atoms with E-state index in [1.807, 2.05) is 13.0 Å². The summed E-state index contributed by atoms with van der Waals surface area (Å²) < 4.78 is 0. The molecule has 0 aliphatic heterocycles. The van der Waals surface area contributed by atoms with Crippen molar-refractivity contribution in [2.75, 3.05) is 0 Å². The fraction of sp³-hybridized carbons (Fsp3) is 0.375. The number of rotatable bonds is 3. The lowest BCUT2D eigenvalue weighted by atomic mass is 9.93. The molecule has 0 fully saturated rings. The number of aryl methyl sites for hydroxylation is 1. The molecule has 0 spiro atoms. The molecule has 1 heteroatoms. The Morgan fingerprint density at radius 3 is 2.53 bits per heavy atom. The fourth-order valence-electron chi connectivity index (χ4n) is 1.88. The number of hydrogen-bond acceptors (Lipinski definition) is 1. The van der Waals surface area contributed by atoms with Gasteiger partial charge in [-0.3, -0.25) is 0 Å². The maximum Gasteiger partial charge on any atom is 0.0324 e. The van der Waals surface area contributed by atoms with E-state index in [4.69, 9.17) is 5.73 Å². The predicted octanol–water partition coefficient (Wildman–Crippen LogP) is 2.12. The lowest BCUT2D eigenvalue weighted by Crippen LogP contribution is -2.36. The SMILES string of the molecule is C=c1ccc(C)c/c1=C(/C=C\C)C(N)C(C)C. The topological polar surface area (TPSA) is 26.0 Å². The molecule has 2 N–H and O–H groups in total. The zero-order valence-corrected chi connectivity index (χ0v) is 11.3. The van der Waals surface area contributed by atoms with Gasteiger partial charge in [0.15, 0.2) is 0 Å². The van der Waals surface area contributed by atoms with Crippen LogP contribution in [0.25, 0.3) is 12.2 Å². The van der Waals surface area contributed by atoms with Gasteiger partial charge in [-0.15, -0.1) is 0 Å². The van der Waals surface area contributed by atoms with Crippen molar-refractivity contribution in [2.45, 2.75) is 33.7 Å². The second-order valence-corrected chi connectivity index (χ2v) is 4.89. The van der Waals surface area contributed by atoms with Crippen molar-refractivity contribution in [3.8, 4) is 0 Å². The zero-order valence-electron chi connectivity index (χ0n) is 11.3. The van der Waals surface area contributed by atoms with Crippen LogP contribution in [0.3, 0.4) is 0 Å². The Hall–Kier alpha value is -1.34. The third-order valence-electron chi connectivity index (χ3n) is 3.00. The second kappa shape index (κ2) is 5.83. The third-order valence-corrected chi connectivity index (χ3v) is 3.00. The van der Waals surface area contributed by atoms with Gasteiger partial charge in [0.05, 0.1) is 0 Å². The van der Waals surface area contributed by atoms with E-state index < -0.39 is 0 Å². The summed E-state index contributed by atoms with van der Waals surface area (Å²) in [6, 6.07) is 6.36. The third kappa shape index (κ3) is 3.31. The van der Waals surface area contributed by atoms with Crippen LogP contribution < -0.4 is 16.2 Å². The van der Waals surface area contributed by atoms with Crippen molar-refractivity contribution in [1.29, 1.82) is 0 Å². The van der Waals surface area contributed by atoms with Crippen LogP contribution in [0.5, 0.6) is 0 Å². The Kier molecular flexibility index (Phi) is 4.71. The molecule has 0 bridgehead atoms. The van der Waals surface area contributed by atoms with Crippen LogP contribution in [0.2, 0.25) is 0 Å².